The van der Waals surface area contributed by atoms with Gasteiger partial charge in [0.05, 0.1) is 5.60 Å². The highest BCUT2D eigenvalue weighted by Crippen LogP contribution is 2.48. The Labute approximate surface area is 73.6 Å². The van der Waals surface area contributed by atoms with Crippen LogP contribution in [0.15, 0.2) is 0 Å². The van der Waals surface area contributed by atoms with Gasteiger partial charge in [-0.3, -0.25) is 0 Å². The number of aliphatic hydroxyl groups is 2. The van der Waals surface area contributed by atoms with E-state index in [4.69, 9.17) is 5.11 Å². The molecule has 2 nitrogen and oxygen atoms in total. The van der Waals surface area contributed by atoms with Crippen LogP contribution in [-0.4, -0.2) is 22.4 Å². The zero-order chi connectivity index (χ0) is 8.60. The van der Waals surface area contributed by atoms with Crippen molar-refractivity contribution in [3.05, 3.63) is 0 Å². The van der Waals surface area contributed by atoms with Crippen molar-refractivity contribution in [3.63, 3.8) is 0 Å². The summed E-state index contributed by atoms with van der Waals surface area (Å²) < 4.78 is 0. The molecule has 2 saturated carbocycles. The summed E-state index contributed by atoms with van der Waals surface area (Å²) in [6.07, 6.45) is 6.42. The molecule has 0 aromatic heterocycles. The van der Waals surface area contributed by atoms with E-state index >= 15 is 0 Å². The summed E-state index contributed by atoms with van der Waals surface area (Å²) in [5.41, 5.74) is -0.397. The van der Waals surface area contributed by atoms with Gasteiger partial charge in [-0.2, -0.15) is 0 Å². The molecule has 0 bridgehead atoms. The SMILES string of the molecule is OCC1CCC[C@@]2(O)CCC[C@@H]12. The molecule has 2 aliphatic rings. The molecule has 0 spiro atoms. The summed E-state index contributed by atoms with van der Waals surface area (Å²) in [6, 6.07) is 0. The molecule has 0 amide bonds. The van der Waals surface area contributed by atoms with Crippen LogP contribution in [0.1, 0.15) is 38.5 Å². The van der Waals surface area contributed by atoms with Gasteiger partial charge in [0, 0.05) is 6.61 Å². The Morgan fingerprint density at radius 2 is 1.83 bits per heavy atom. The molecule has 2 heteroatoms. The van der Waals surface area contributed by atoms with Crippen molar-refractivity contribution in [3.8, 4) is 0 Å². The average molecular weight is 170 g/mol. The van der Waals surface area contributed by atoms with Crippen molar-refractivity contribution >= 4 is 0 Å². The lowest BCUT2D eigenvalue weighted by molar-refractivity contribution is -0.0634. The highest BCUT2D eigenvalue weighted by Gasteiger charge is 2.46. The van der Waals surface area contributed by atoms with Crippen LogP contribution in [0.5, 0.6) is 0 Å². The Hall–Kier alpha value is -0.0800. The van der Waals surface area contributed by atoms with Gasteiger partial charge in [-0.1, -0.05) is 12.8 Å². The maximum Gasteiger partial charge on any atom is 0.0679 e. The van der Waals surface area contributed by atoms with Crippen molar-refractivity contribution < 1.29 is 10.2 Å². The predicted molar refractivity (Wildman–Crippen MR) is 46.7 cm³/mol. The van der Waals surface area contributed by atoms with Crippen LogP contribution in [0.25, 0.3) is 0 Å². The highest BCUT2D eigenvalue weighted by molar-refractivity contribution is 4.98. The summed E-state index contributed by atoms with van der Waals surface area (Å²) in [5.74, 6) is 0.780. The maximum absolute atomic E-state index is 10.2. The minimum absolute atomic E-state index is 0.271. The lowest BCUT2D eigenvalue weighted by Crippen LogP contribution is -2.42. The first-order valence-electron chi connectivity index (χ1n) is 5.09. The van der Waals surface area contributed by atoms with E-state index < -0.39 is 5.60 Å². The van der Waals surface area contributed by atoms with E-state index in [0.717, 1.165) is 38.5 Å². The molecule has 70 valence electrons. The first kappa shape index (κ1) is 8.52. The van der Waals surface area contributed by atoms with E-state index in [1.54, 1.807) is 0 Å². The molecule has 0 heterocycles. The van der Waals surface area contributed by atoms with Gasteiger partial charge in [0.1, 0.15) is 0 Å². The van der Waals surface area contributed by atoms with Gasteiger partial charge in [-0.15, -0.1) is 0 Å². The lowest BCUT2D eigenvalue weighted by atomic mass is 9.71. The van der Waals surface area contributed by atoms with E-state index in [2.05, 4.69) is 0 Å². The van der Waals surface area contributed by atoms with Gasteiger partial charge in [-0.05, 0) is 37.5 Å². The molecule has 2 aliphatic carbocycles. The molecule has 0 aromatic carbocycles. The van der Waals surface area contributed by atoms with Crippen molar-refractivity contribution in [1.29, 1.82) is 0 Å². The Morgan fingerprint density at radius 3 is 2.50 bits per heavy atom. The lowest BCUT2D eigenvalue weighted by Gasteiger charge is -2.39. The number of aliphatic hydroxyl groups excluding tert-OH is 1. The van der Waals surface area contributed by atoms with Crippen LogP contribution in [0, 0.1) is 11.8 Å². The van der Waals surface area contributed by atoms with E-state index in [9.17, 15) is 5.11 Å². The van der Waals surface area contributed by atoms with E-state index in [1.807, 2.05) is 0 Å². The third kappa shape index (κ3) is 1.17. The fourth-order valence-corrected chi connectivity index (χ4v) is 3.16. The van der Waals surface area contributed by atoms with Crippen molar-refractivity contribution in [2.75, 3.05) is 6.61 Å². The topological polar surface area (TPSA) is 40.5 Å². The summed E-state index contributed by atoms with van der Waals surface area (Å²) >= 11 is 0. The fourth-order valence-electron chi connectivity index (χ4n) is 3.16. The van der Waals surface area contributed by atoms with Crippen LogP contribution < -0.4 is 0 Å². The van der Waals surface area contributed by atoms with Gasteiger partial charge in [0.15, 0.2) is 0 Å². The van der Waals surface area contributed by atoms with E-state index in [1.165, 1.54) is 0 Å². The number of hydrogen-bond donors (Lipinski definition) is 2. The average Bonchev–Trinajstić information content (AvgIpc) is 2.45. The first-order chi connectivity index (χ1) is 5.76. The van der Waals surface area contributed by atoms with Crippen molar-refractivity contribution in [1.82, 2.24) is 0 Å². The van der Waals surface area contributed by atoms with Gasteiger partial charge in [0.2, 0.25) is 0 Å². The van der Waals surface area contributed by atoms with Crippen LogP contribution in [0.2, 0.25) is 0 Å². The standard InChI is InChI=1S/C10H18O2/c11-7-8-3-1-5-10(12)6-2-4-9(8)10/h8-9,11-12H,1-7H2/t8?,9-,10+/m0/s1. The minimum Gasteiger partial charge on any atom is -0.396 e. The molecule has 3 atom stereocenters. The van der Waals surface area contributed by atoms with Crippen LogP contribution in [-0.2, 0) is 0 Å². The van der Waals surface area contributed by atoms with E-state index in [-0.39, 0.29) is 6.61 Å². The molecule has 0 aromatic rings. The van der Waals surface area contributed by atoms with Crippen LogP contribution in [0.4, 0.5) is 0 Å². The molecular weight excluding hydrogens is 152 g/mol. The summed E-state index contributed by atoms with van der Waals surface area (Å²) in [4.78, 5) is 0. The second-order valence-corrected chi connectivity index (χ2v) is 4.44. The maximum atomic E-state index is 10.2. The van der Waals surface area contributed by atoms with Crippen LogP contribution in [0.3, 0.4) is 0 Å². The fraction of sp³-hybridized carbons (Fsp3) is 1.00. The molecule has 2 fully saturated rings. The number of hydrogen-bond acceptors (Lipinski definition) is 2. The van der Waals surface area contributed by atoms with Crippen molar-refractivity contribution in [2.24, 2.45) is 11.8 Å². The molecular formula is C10H18O2. The monoisotopic (exact) mass is 170 g/mol. The quantitative estimate of drug-likeness (QED) is 0.623. The number of rotatable bonds is 1. The van der Waals surface area contributed by atoms with Gasteiger partial charge in [0.25, 0.3) is 0 Å². The second-order valence-electron chi connectivity index (χ2n) is 4.44. The third-order valence-corrected chi connectivity index (χ3v) is 3.80. The van der Waals surface area contributed by atoms with E-state index in [0.29, 0.717) is 11.8 Å². The largest absolute Gasteiger partial charge is 0.396 e. The normalized spacial score (nSPS) is 47.5. The van der Waals surface area contributed by atoms with Crippen molar-refractivity contribution in [2.45, 2.75) is 44.1 Å². The second kappa shape index (κ2) is 3.00. The van der Waals surface area contributed by atoms with Gasteiger partial charge < -0.3 is 10.2 Å². The smallest absolute Gasteiger partial charge is 0.0679 e. The molecule has 2 N–H and O–H groups in total. The Kier molecular flexibility index (Phi) is 2.13. The molecule has 0 saturated heterocycles. The summed E-state index contributed by atoms with van der Waals surface area (Å²) in [6.45, 7) is 0.271. The first-order valence-corrected chi connectivity index (χ1v) is 5.09. The zero-order valence-electron chi connectivity index (χ0n) is 7.50. The third-order valence-electron chi connectivity index (χ3n) is 3.80. The summed E-state index contributed by atoms with van der Waals surface area (Å²) in [5, 5.41) is 19.3. The minimum atomic E-state index is -0.397. The Morgan fingerprint density at radius 1 is 1.17 bits per heavy atom. The van der Waals surface area contributed by atoms with Crippen LogP contribution >= 0.6 is 0 Å². The molecule has 0 radical (unpaired) electrons. The molecule has 1 unspecified atom stereocenters. The number of fused-ring (bicyclic) bond motifs is 1. The highest BCUT2D eigenvalue weighted by atomic mass is 16.3. The Balaban J connectivity index is 2.12. The van der Waals surface area contributed by atoms with Gasteiger partial charge in [-0.25, -0.2) is 0 Å². The molecule has 0 aliphatic heterocycles. The molecule has 2 rings (SSSR count). The zero-order valence-corrected chi connectivity index (χ0v) is 7.50. The Bertz CT molecular complexity index is 169. The predicted octanol–water partition coefficient (Wildman–Crippen LogP) is 1.31. The molecule has 12 heavy (non-hydrogen) atoms. The summed E-state index contributed by atoms with van der Waals surface area (Å²) in [7, 11) is 0. The van der Waals surface area contributed by atoms with Gasteiger partial charge >= 0.3 is 0 Å².